The fourth-order valence-electron chi connectivity index (χ4n) is 7.96. The van der Waals surface area contributed by atoms with E-state index in [1.807, 2.05) is 0 Å². The minimum Gasteiger partial charge on any atom is -0.505 e. The Morgan fingerprint density at radius 3 is 1.60 bits per heavy atom. The smallest absolute Gasteiger partial charge is 0.358 e. The van der Waals surface area contributed by atoms with Gasteiger partial charge in [-0.1, -0.05) is 10.1 Å². The molecule has 0 aliphatic rings. The summed E-state index contributed by atoms with van der Waals surface area (Å²) in [6.45, 7) is 0. The van der Waals surface area contributed by atoms with Crippen molar-refractivity contribution in [2.45, 2.75) is 39.2 Å². The average Bonchev–Trinajstić information content (AvgIpc) is 1.40. The van der Waals surface area contributed by atoms with Gasteiger partial charge in [0.05, 0.1) is 60.5 Å². The van der Waals surface area contributed by atoms with Crippen LogP contribution in [0, 0.1) is 10.1 Å². The first-order valence-electron chi connectivity index (χ1n) is 23.1. The molecule has 1 heterocycles. The molecule has 0 spiro atoms. The van der Waals surface area contributed by atoms with Gasteiger partial charge in [0.1, 0.15) is 64.3 Å². The van der Waals surface area contributed by atoms with Crippen LogP contribution < -0.4 is 5.73 Å². The van der Waals surface area contributed by atoms with Crippen LogP contribution in [0.15, 0.2) is 165 Å². The number of aromatic nitrogens is 2. The third-order valence-electron chi connectivity index (χ3n) is 11.8. The van der Waals surface area contributed by atoms with E-state index in [9.17, 15) is 113 Å². The van der Waals surface area contributed by atoms with Crippen LogP contribution in [-0.2, 0) is 79.5 Å². The van der Waals surface area contributed by atoms with Crippen molar-refractivity contribution >= 4 is 169 Å². The van der Waals surface area contributed by atoms with Crippen LogP contribution >= 0.6 is 24.1 Å². The van der Waals surface area contributed by atoms with Crippen LogP contribution in [0.1, 0.15) is 10.5 Å². The number of nitrogens with zero attached hydrogens (tertiary/aromatic N) is 11. The maximum atomic E-state index is 13.2. The summed E-state index contributed by atoms with van der Waals surface area (Å²) in [6.07, 6.45) is 0. The Kier molecular flexibility index (Phi) is 19.4. The minimum absolute atomic E-state index is 0.0693. The molecule has 0 aliphatic heterocycles. The predicted molar refractivity (Wildman–Crippen MR) is 304 cm³/mol. The largest absolute Gasteiger partial charge is 0.505 e. The number of phenolic OH excluding ortho intramolecular Hbond substituents is 2. The number of hydrogen-bond acceptors (Lipinski definition) is 36. The van der Waals surface area contributed by atoms with Crippen molar-refractivity contribution in [1.29, 1.82) is 0 Å². The van der Waals surface area contributed by atoms with Gasteiger partial charge in [0.25, 0.3) is 66.4 Å². The molecule has 0 fully saturated rings. The normalized spacial score (nSPS) is 13.0. The molecule has 1 aromatic heterocycles. The number of carboxylic acid groups (broad SMARTS) is 1. The van der Waals surface area contributed by atoms with Crippen LogP contribution in [0.25, 0.3) is 27.2 Å². The number of fused-ring (bicyclic) bond motifs is 2. The average molecular weight is 1450 g/mol. The van der Waals surface area contributed by atoms with Gasteiger partial charge in [0.15, 0.2) is 17.2 Å². The number of nitrogens with two attached hydrogens (primary N) is 1. The van der Waals surface area contributed by atoms with Gasteiger partial charge >= 0.3 is 5.97 Å². The van der Waals surface area contributed by atoms with Gasteiger partial charge in [-0.05, 0) is 72.8 Å². The van der Waals surface area contributed by atoms with Gasteiger partial charge in [0.2, 0.25) is 11.6 Å². The number of nitro benzene ring substituents is 1. The lowest BCUT2D eigenvalue weighted by Gasteiger charge is -2.15. The molecule has 8 rings (SSSR count). The fourth-order valence-corrected chi connectivity index (χ4v) is 12.9. The number of phenols is 2. The molecule has 8 aromatic rings. The van der Waals surface area contributed by atoms with E-state index in [0.717, 1.165) is 36.4 Å². The van der Waals surface area contributed by atoms with Crippen molar-refractivity contribution in [3.8, 4) is 23.1 Å². The highest BCUT2D eigenvalue weighted by molar-refractivity contribution is 7.95. The van der Waals surface area contributed by atoms with Gasteiger partial charge in [-0.3, -0.25) is 37.4 Å². The second kappa shape index (κ2) is 26.0. The van der Waals surface area contributed by atoms with Gasteiger partial charge < -0.3 is 26.2 Å². The van der Waals surface area contributed by atoms with E-state index in [4.69, 9.17) is 16.2 Å². The first-order valence-corrected chi connectivity index (χ1v) is 33.2. The molecule has 0 amide bonds. The van der Waals surface area contributed by atoms with Crippen molar-refractivity contribution < 1.29 is 137 Å². The highest BCUT2D eigenvalue weighted by atomic mass is 32.2. The summed E-state index contributed by atoms with van der Waals surface area (Å²) in [4.78, 5) is 13.7. The van der Waals surface area contributed by atoms with E-state index in [0.29, 0.717) is 47.1 Å². The summed E-state index contributed by atoms with van der Waals surface area (Å²) in [5.41, 5.74) is -4.88. The summed E-state index contributed by atoms with van der Waals surface area (Å²) >= 11 is -0.215. The first kappa shape index (κ1) is 69.5. The number of carbonyl (C=O) groups is 1. The van der Waals surface area contributed by atoms with E-state index in [1.54, 1.807) is 0 Å². The number of aromatic carboxylic acids is 1. The molecular weight excluding hydrogens is 1430 g/mol. The summed E-state index contributed by atoms with van der Waals surface area (Å²) in [6, 6.07) is 8.93. The van der Waals surface area contributed by atoms with Crippen LogP contribution in [0.3, 0.4) is 0 Å². The molecule has 43 nitrogen and oxygen atoms in total. The molecule has 7 aromatic carbocycles. The number of non-ortho nitro benzene ring substituents is 1. The molecule has 0 atom stereocenters. The first-order chi connectivity index (χ1) is 43.2. The zero-order valence-electron chi connectivity index (χ0n) is 44.0. The highest BCUT2D eigenvalue weighted by Crippen LogP contribution is 2.52. The van der Waals surface area contributed by atoms with Crippen molar-refractivity contribution in [2.75, 3.05) is 5.73 Å². The Balaban J connectivity index is 1.28. The zero-order chi connectivity index (χ0) is 68.8. The maximum absolute atomic E-state index is 13.2. The quantitative estimate of drug-likeness (QED) is 0.00543. The second-order valence-corrected chi connectivity index (χ2v) is 27.2. The number of aromatic hydroxyl groups is 3. The van der Waals surface area contributed by atoms with Gasteiger partial charge in [-0.15, -0.1) is 49.6 Å². The second-order valence-electron chi connectivity index (χ2n) is 17.4. The standard InChI is InChI=1S/C42H28N12O31S8/c43-33-25(13-28(89(67,68)69)20-10-27(87-85-83-63)34(39(56)32(20)33)49-44-21-7-3-16(54(60)61)9-29(21)90(70,71)72)48-45-22-8-6-18-19(40(22)93(79,80)81)11-31(92(76,77)78)35(38(18)55)50-46-23-12-24(30(91(73,74)75)14-26(23)86-84-82-62)47-51-36-37(42(58)59)52-53(41(36)57)15-1-4-17(5-2-15)88(64,65)66/h1-14,55-57,62-63H,43H2,(H,58,59)(H,64,65,66)(H,67,68,69)(H,70,71,72)(H,73,74,75)(H,76,77,78)(H,79,80,81). The van der Waals surface area contributed by atoms with Gasteiger partial charge in [0, 0.05) is 28.3 Å². The number of azo groups is 4. The van der Waals surface area contributed by atoms with Gasteiger partial charge in [-0.2, -0.15) is 60.3 Å². The number of hydrogen-bond donors (Lipinski definition) is 13. The Hall–Kier alpha value is -9.34. The molecule has 490 valence electrons. The Morgan fingerprint density at radius 1 is 0.516 bits per heavy atom. The van der Waals surface area contributed by atoms with Crippen molar-refractivity contribution in [1.82, 2.24) is 9.78 Å². The van der Waals surface area contributed by atoms with Gasteiger partial charge in [-0.25, -0.2) is 15.3 Å². The number of anilines is 1. The van der Waals surface area contributed by atoms with E-state index in [2.05, 4.69) is 64.8 Å². The summed E-state index contributed by atoms with van der Waals surface area (Å²) in [5.74, 6) is -5.82. The van der Waals surface area contributed by atoms with E-state index in [1.165, 1.54) is 0 Å². The lowest BCUT2D eigenvalue weighted by molar-refractivity contribution is -0.432. The molecule has 0 aliphatic carbocycles. The topological polar surface area (TPSA) is 687 Å². The number of nitrogen functional groups attached to an aromatic ring is 1. The van der Waals surface area contributed by atoms with Crippen molar-refractivity contribution in [2.24, 2.45) is 40.9 Å². The van der Waals surface area contributed by atoms with E-state index < -0.39 is 212 Å². The number of nitro groups is 1. The monoisotopic (exact) mass is 1450 g/mol. The molecule has 93 heavy (non-hydrogen) atoms. The molecular formula is C42H28N12O31S8. The fraction of sp³-hybridized carbons (Fsp3) is 0. The Morgan fingerprint density at radius 2 is 1.04 bits per heavy atom. The van der Waals surface area contributed by atoms with Crippen LogP contribution in [0.5, 0.6) is 17.4 Å². The van der Waals surface area contributed by atoms with Crippen LogP contribution in [0.4, 0.5) is 56.9 Å². The zero-order valence-corrected chi connectivity index (χ0v) is 50.5. The summed E-state index contributed by atoms with van der Waals surface area (Å²) in [7, 11) is -32.8. The summed E-state index contributed by atoms with van der Waals surface area (Å²) < 4.78 is 221. The lowest BCUT2D eigenvalue weighted by Crippen LogP contribution is -2.03. The molecule has 14 N–H and O–H groups in total. The molecule has 0 bridgehead atoms. The van der Waals surface area contributed by atoms with Crippen molar-refractivity contribution in [3.63, 3.8) is 0 Å². The van der Waals surface area contributed by atoms with E-state index >= 15 is 0 Å². The lowest BCUT2D eigenvalue weighted by atomic mass is 10.0. The predicted octanol–water partition coefficient (Wildman–Crippen LogP) is 8.48. The SMILES string of the molecule is Nc1c(N=Nc2ccc3c(O)c(N=Nc4cc(N=Nc5c(C(=O)O)nn(-c6ccc(S(=O)(=O)O)cc6)c5O)c(S(=O)(=O)O)cc4SOOO)c(S(=O)(=O)O)cc3c2S(=O)(=O)O)cc(S(=O)(=O)O)c2cc(SOOO)c(N=Nc3ccc([N+](=O)[O-])cc3S(=O)(=O)O)c(O)c12. The third kappa shape index (κ3) is 14.8. The third-order valence-corrected chi connectivity index (χ3v) is 18.4. The highest BCUT2D eigenvalue weighted by Gasteiger charge is 2.32. The minimum atomic E-state index is -5.83. The van der Waals surface area contributed by atoms with Crippen LogP contribution in [0.2, 0.25) is 0 Å². The summed E-state index contributed by atoms with van der Waals surface area (Å²) in [5, 5.41) is 110. The molecule has 0 unspecified atom stereocenters. The maximum Gasteiger partial charge on any atom is 0.358 e. The van der Waals surface area contributed by atoms with E-state index in [-0.39, 0.29) is 35.8 Å². The number of rotatable bonds is 23. The number of benzene rings is 7. The molecule has 0 saturated heterocycles. The molecule has 0 radical (unpaired) electrons. The Bertz CT molecular complexity index is 5360. The molecule has 51 heteroatoms. The van der Waals surface area contributed by atoms with Crippen LogP contribution in [-0.4, -0.2) is 129 Å². The van der Waals surface area contributed by atoms with Crippen molar-refractivity contribution in [3.05, 3.63) is 101 Å². The Labute approximate surface area is 522 Å². The number of carboxylic acids is 1. The molecule has 0 saturated carbocycles.